The molecule has 3 heterocycles. The lowest BCUT2D eigenvalue weighted by atomic mass is 9.85. The molecule has 134 valence electrons. The van der Waals surface area contributed by atoms with E-state index in [4.69, 9.17) is 9.47 Å². The number of aromatic nitrogens is 2. The fourth-order valence-corrected chi connectivity index (χ4v) is 4.04. The summed E-state index contributed by atoms with van der Waals surface area (Å²) in [6, 6.07) is 10.4. The lowest BCUT2D eigenvalue weighted by Gasteiger charge is -2.44. The first-order chi connectivity index (χ1) is 12.3. The number of hydrogen-bond donors (Lipinski definition) is 0. The van der Waals surface area contributed by atoms with Crippen molar-refractivity contribution in [2.24, 2.45) is 7.05 Å². The molecule has 0 saturated carbocycles. The molecule has 0 bridgehead atoms. The number of ether oxygens (including phenoxy) is 2. The van der Waals surface area contributed by atoms with Gasteiger partial charge in [-0.05, 0) is 24.8 Å². The van der Waals surface area contributed by atoms with E-state index in [0.717, 1.165) is 51.3 Å². The molecule has 5 heteroatoms. The minimum Gasteiger partial charge on any atom is -0.372 e. The number of nitrogens with zero attached hydrogens (tertiary/aromatic N) is 3. The molecule has 25 heavy (non-hydrogen) atoms. The van der Waals surface area contributed by atoms with Crippen molar-refractivity contribution in [1.29, 1.82) is 0 Å². The van der Waals surface area contributed by atoms with E-state index < -0.39 is 0 Å². The van der Waals surface area contributed by atoms with Gasteiger partial charge in [0.2, 0.25) is 0 Å². The summed E-state index contributed by atoms with van der Waals surface area (Å²) in [5.41, 5.74) is 1.13. The number of imidazole rings is 1. The van der Waals surface area contributed by atoms with Crippen LogP contribution in [-0.4, -0.2) is 45.9 Å². The zero-order valence-corrected chi connectivity index (χ0v) is 14.9. The number of aryl methyl sites for hydroxylation is 1. The molecule has 2 aliphatic rings. The predicted molar refractivity (Wildman–Crippen MR) is 96.0 cm³/mol. The Labute approximate surface area is 149 Å². The fraction of sp³-hybridized carbons (Fsp3) is 0.550. The van der Waals surface area contributed by atoms with Gasteiger partial charge in [0.15, 0.2) is 0 Å². The standard InChI is InChI=1S/C20H27N3O2/c1-22-12-10-21-19(22)15-23-11-9-20(8-5-13-25-20)18(14-23)24-16-17-6-3-2-4-7-17/h2-4,6-7,10,12,18H,5,8-9,11,13-16H2,1H3/t18-,20-/m0/s1. The third kappa shape index (κ3) is 3.64. The molecule has 0 N–H and O–H groups in total. The number of benzene rings is 1. The van der Waals surface area contributed by atoms with Crippen LogP contribution in [0.15, 0.2) is 42.7 Å². The Morgan fingerprint density at radius 1 is 1.28 bits per heavy atom. The van der Waals surface area contributed by atoms with E-state index in [9.17, 15) is 0 Å². The lowest BCUT2D eigenvalue weighted by Crippen LogP contribution is -2.56. The third-order valence-electron chi connectivity index (χ3n) is 5.58. The van der Waals surface area contributed by atoms with Crippen LogP contribution in [0.5, 0.6) is 0 Å². The van der Waals surface area contributed by atoms with Gasteiger partial charge in [0.05, 0.1) is 24.9 Å². The smallest absolute Gasteiger partial charge is 0.122 e. The Bertz CT molecular complexity index is 679. The van der Waals surface area contributed by atoms with Crippen LogP contribution in [-0.2, 0) is 29.7 Å². The number of piperidine rings is 1. The predicted octanol–water partition coefficient (Wildman–Crippen LogP) is 2.76. The van der Waals surface area contributed by atoms with Gasteiger partial charge >= 0.3 is 0 Å². The second kappa shape index (κ2) is 7.28. The molecule has 2 aliphatic heterocycles. The van der Waals surface area contributed by atoms with Gasteiger partial charge in [-0.25, -0.2) is 4.98 Å². The second-order valence-corrected chi connectivity index (χ2v) is 7.24. The van der Waals surface area contributed by atoms with Gasteiger partial charge in [-0.15, -0.1) is 0 Å². The number of rotatable bonds is 5. The van der Waals surface area contributed by atoms with Crippen LogP contribution < -0.4 is 0 Å². The molecular formula is C20H27N3O2. The van der Waals surface area contributed by atoms with Gasteiger partial charge < -0.3 is 14.0 Å². The topological polar surface area (TPSA) is 39.5 Å². The zero-order valence-electron chi connectivity index (χ0n) is 14.9. The summed E-state index contributed by atoms with van der Waals surface area (Å²) in [7, 11) is 2.05. The molecule has 0 radical (unpaired) electrons. The first-order valence-corrected chi connectivity index (χ1v) is 9.23. The van der Waals surface area contributed by atoms with E-state index >= 15 is 0 Å². The monoisotopic (exact) mass is 341 g/mol. The van der Waals surface area contributed by atoms with Crippen LogP contribution in [0.2, 0.25) is 0 Å². The van der Waals surface area contributed by atoms with Crippen molar-refractivity contribution in [1.82, 2.24) is 14.5 Å². The maximum absolute atomic E-state index is 6.39. The van der Waals surface area contributed by atoms with Crippen LogP contribution in [0.25, 0.3) is 0 Å². The Morgan fingerprint density at radius 3 is 2.88 bits per heavy atom. The van der Waals surface area contributed by atoms with Crippen LogP contribution in [0.1, 0.15) is 30.7 Å². The van der Waals surface area contributed by atoms with Crippen molar-refractivity contribution in [3.63, 3.8) is 0 Å². The highest BCUT2D eigenvalue weighted by molar-refractivity contribution is 5.13. The molecule has 2 aromatic rings. The fourth-order valence-electron chi connectivity index (χ4n) is 4.04. The first-order valence-electron chi connectivity index (χ1n) is 9.23. The Hall–Kier alpha value is -1.69. The van der Waals surface area contributed by atoms with Gasteiger partial charge in [-0.1, -0.05) is 30.3 Å². The van der Waals surface area contributed by atoms with Crippen molar-refractivity contribution >= 4 is 0 Å². The molecule has 0 aliphatic carbocycles. The van der Waals surface area contributed by atoms with Gasteiger partial charge in [0, 0.05) is 39.1 Å². The van der Waals surface area contributed by atoms with Gasteiger partial charge in [-0.3, -0.25) is 4.90 Å². The minimum atomic E-state index is -0.0904. The Balaban J connectivity index is 1.44. The van der Waals surface area contributed by atoms with E-state index in [0.29, 0.717) is 6.61 Å². The van der Waals surface area contributed by atoms with Crippen LogP contribution in [0.3, 0.4) is 0 Å². The van der Waals surface area contributed by atoms with Gasteiger partial charge in [0.25, 0.3) is 0 Å². The summed E-state index contributed by atoms with van der Waals surface area (Å²) in [5, 5.41) is 0. The van der Waals surface area contributed by atoms with E-state index in [1.807, 2.05) is 18.5 Å². The zero-order chi connectivity index (χ0) is 17.1. The molecular weight excluding hydrogens is 314 g/mol. The maximum Gasteiger partial charge on any atom is 0.122 e. The third-order valence-corrected chi connectivity index (χ3v) is 5.58. The summed E-state index contributed by atoms with van der Waals surface area (Å²) in [4.78, 5) is 6.92. The normalized spacial score (nSPS) is 27.2. The van der Waals surface area contributed by atoms with E-state index in [-0.39, 0.29) is 11.7 Å². The molecule has 0 unspecified atom stereocenters. The van der Waals surface area contributed by atoms with Gasteiger partial charge in [-0.2, -0.15) is 0 Å². The van der Waals surface area contributed by atoms with E-state index in [2.05, 4.69) is 45.8 Å². The Morgan fingerprint density at radius 2 is 2.16 bits per heavy atom. The largest absolute Gasteiger partial charge is 0.372 e. The second-order valence-electron chi connectivity index (χ2n) is 7.24. The van der Waals surface area contributed by atoms with E-state index in [1.165, 1.54) is 5.56 Å². The van der Waals surface area contributed by atoms with Crippen molar-refractivity contribution in [3.8, 4) is 0 Å². The summed E-state index contributed by atoms with van der Waals surface area (Å²) >= 11 is 0. The van der Waals surface area contributed by atoms with Crippen molar-refractivity contribution in [3.05, 3.63) is 54.1 Å². The van der Waals surface area contributed by atoms with Crippen molar-refractivity contribution in [2.75, 3.05) is 19.7 Å². The van der Waals surface area contributed by atoms with Crippen LogP contribution in [0, 0.1) is 0 Å². The average Bonchev–Trinajstić information content (AvgIpc) is 3.27. The highest BCUT2D eigenvalue weighted by Gasteiger charge is 2.47. The Kier molecular flexibility index (Phi) is 4.88. The number of likely N-dealkylation sites (tertiary alicyclic amines) is 1. The highest BCUT2D eigenvalue weighted by atomic mass is 16.6. The summed E-state index contributed by atoms with van der Waals surface area (Å²) in [6.07, 6.45) is 7.28. The van der Waals surface area contributed by atoms with Gasteiger partial charge in [0.1, 0.15) is 5.82 Å². The first kappa shape index (κ1) is 16.8. The SMILES string of the molecule is Cn1ccnc1CN1CC[C@@]2(CCCO2)[C@@H](OCc2ccccc2)C1. The quantitative estimate of drug-likeness (QED) is 0.838. The molecule has 1 spiro atoms. The van der Waals surface area contributed by atoms with Crippen molar-refractivity contribution < 1.29 is 9.47 Å². The van der Waals surface area contributed by atoms with Crippen LogP contribution >= 0.6 is 0 Å². The lowest BCUT2D eigenvalue weighted by molar-refractivity contribution is -0.159. The molecule has 2 fully saturated rings. The molecule has 2 saturated heterocycles. The average molecular weight is 341 g/mol. The van der Waals surface area contributed by atoms with Crippen molar-refractivity contribution in [2.45, 2.75) is 44.1 Å². The molecule has 0 amide bonds. The molecule has 1 aromatic carbocycles. The molecule has 2 atom stereocenters. The maximum atomic E-state index is 6.39. The number of hydrogen-bond acceptors (Lipinski definition) is 4. The van der Waals surface area contributed by atoms with Crippen LogP contribution in [0.4, 0.5) is 0 Å². The van der Waals surface area contributed by atoms with E-state index in [1.54, 1.807) is 0 Å². The molecule has 5 nitrogen and oxygen atoms in total. The molecule has 1 aromatic heterocycles. The highest BCUT2D eigenvalue weighted by Crippen LogP contribution is 2.38. The minimum absolute atomic E-state index is 0.0904. The summed E-state index contributed by atoms with van der Waals surface area (Å²) in [6.45, 7) is 4.32. The molecule has 4 rings (SSSR count). The summed E-state index contributed by atoms with van der Waals surface area (Å²) in [5.74, 6) is 1.10. The summed E-state index contributed by atoms with van der Waals surface area (Å²) < 4.78 is 14.7.